The lowest BCUT2D eigenvalue weighted by molar-refractivity contribution is -0.137. The largest absolute Gasteiger partial charge is 0.416 e. The van der Waals surface area contributed by atoms with Crippen molar-refractivity contribution in [2.24, 2.45) is 0 Å². The molecule has 1 aliphatic carbocycles. The van der Waals surface area contributed by atoms with Crippen LogP contribution in [-0.2, 0) is 6.18 Å². The van der Waals surface area contributed by atoms with Crippen LogP contribution in [0, 0.1) is 0 Å². The minimum atomic E-state index is -4.39. The number of nitrogens with zero attached hydrogens (tertiary/aromatic N) is 2. The van der Waals surface area contributed by atoms with Crippen LogP contribution in [0.15, 0.2) is 12.1 Å². The number of aromatic nitrogens is 1. The van der Waals surface area contributed by atoms with Crippen LogP contribution in [-0.4, -0.2) is 17.6 Å². The first-order valence-electron chi connectivity index (χ1n) is 7.03. The van der Waals surface area contributed by atoms with E-state index in [9.17, 15) is 13.2 Å². The first-order valence-corrected chi connectivity index (χ1v) is 7.03. The summed E-state index contributed by atoms with van der Waals surface area (Å²) in [6, 6.07) is 2.26. The molecule has 1 aromatic heterocycles. The van der Waals surface area contributed by atoms with Crippen molar-refractivity contribution < 1.29 is 13.2 Å². The first-order chi connectivity index (χ1) is 9.41. The molecule has 0 unspecified atom stereocenters. The molecule has 6 heteroatoms. The van der Waals surface area contributed by atoms with Crippen LogP contribution in [0.5, 0.6) is 0 Å². The summed E-state index contributed by atoms with van der Waals surface area (Å²) in [5.74, 6) is 0.260. The SMILES string of the molecule is CCN(c1cc(C(F)(F)F)cc(N)n1)C1CCCCC1. The zero-order valence-electron chi connectivity index (χ0n) is 11.6. The summed E-state index contributed by atoms with van der Waals surface area (Å²) in [6.07, 6.45) is 1.06. The highest BCUT2D eigenvalue weighted by molar-refractivity contribution is 5.50. The Hall–Kier alpha value is -1.46. The van der Waals surface area contributed by atoms with Crippen LogP contribution in [0.4, 0.5) is 24.8 Å². The number of nitrogens with two attached hydrogens (primary N) is 1. The van der Waals surface area contributed by atoms with Gasteiger partial charge in [0.25, 0.3) is 0 Å². The molecule has 1 aliphatic rings. The maximum atomic E-state index is 12.9. The van der Waals surface area contributed by atoms with Crippen LogP contribution >= 0.6 is 0 Å². The van der Waals surface area contributed by atoms with E-state index in [1.807, 2.05) is 11.8 Å². The fourth-order valence-electron chi connectivity index (χ4n) is 2.85. The second-order valence-corrected chi connectivity index (χ2v) is 5.21. The monoisotopic (exact) mass is 287 g/mol. The van der Waals surface area contributed by atoms with Crippen molar-refractivity contribution in [1.29, 1.82) is 0 Å². The normalized spacial score (nSPS) is 17.2. The highest BCUT2D eigenvalue weighted by Crippen LogP contribution is 2.34. The molecule has 1 aromatic rings. The Morgan fingerprint density at radius 2 is 1.90 bits per heavy atom. The van der Waals surface area contributed by atoms with E-state index in [1.165, 1.54) is 6.42 Å². The fraction of sp³-hybridized carbons (Fsp3) is 0.643. The molecule has 2 N–H and O–H groups in total. The summed E-state index contributed by atoms with van der Waals surface area (Å²) in [6.45, 7) is 2.57. The quantitative estimate of drug-likeness (QED) is 0.918. The molecule has 0 saturated heterocycles. The second-order valence-electron chi connectivity index (χ2n) is 5.21. The minimum absolute atomic E-state index is 0.0796. The smallest absolute Gasteiger partial charge is 0.384 e. The Kier molecular flexibility index (Phi) is 4.40. The summed E-state index contributed by atoms with van der Waals surface area (Å²) in [5.41, 5.74) is 4.81. The zero-order chi connectivity index (χ0) is 14.8. The van der Waals surface area contributed by atoms with E-state index >= 15 is 0 Å². The Morgan fingerprint density at radius 1 is 1.25 bits per heavy atom. The molecule has 1 saturated carbocycles. The third kappa shape index (κ3) is 3.35. The number of hydrogen-bond acceptors (Lipinski definition) is 3. The van der Waals surface area contributed by atoms with E-state index < -0.39 is 11.7 Å². The van der Waals surface area contributed by atoms with Crippen molar-refractivity contribution in [2.45, 2.75) is 51.2 Å². The minimum Gasteiger partial charge on any atom is -0.384 e. The van der Waals surface area contributed by atoms with Gasteiger partial charge in [0.05, 0.1) is 5.56 Å². The predicted molar refractivity (Wildman–Crippen MR) is 73.5 cm³/mol. The topological polar surface area (TPSA) is 42.1 Å². The highest BCUT2D eigenvalue weighted by Gasteiger charge is 2.32. The lowest BCUT2D eigenvalue weighted by atomic mass is 9.94. The molecule has 0 radical (unpaired) electrons. The number of rotatable bonds is 3. The molecule has 112 valence electrons. The van der Waals surface area contributed by atoms with Gasteiger partial charge in [-0.2, -0.15) is 13.2 Å². The van der Waals surface area contributed by atoms with Gasteiger partial charge in [-0.05, 0) is 31.9 Å². The number of halogens is 3. The number of hydrogen-bond donors (Lipinski definition) is 1. The number of pyridine rings is 1. The third-order valence-electron chi connectivity index (χ3n) is 3.81. The molecule has 2 rings (SSSR count). The van der Waals surface area contributed by atoms with Crippen LogP contribution in [0.25, 0.3) is 0 Å². The van der Waals surface area contributed by atoms with Gasteiger partial charge in [0.15, 0.2) is 0 Å². The Morgan fingerprint density at radius 3 is 2.45 bits per heavy atom. The second kappa shape index (κ2) is 5.89. The standard InChI is InChI=1S/C14H20F3N3/c1-2-20(11-6-4-3-5-7-11)13-9-10(14(15,16)17)8-12(18)19-13/h8-9,11H,2-7H2,1H3,(H2,18,19). The summed E-state index contributed by atoms with van der Waals surface area (Å²) < 4.78 is 38.6. The summed E-state index contributed by atoms with van der Waals surface area (Å²) in [4.78, 5) is 6.05. The molecule has 0 aliphatic heterocycles. The average molecular weight is 287 g/mol. The summed E-state index contributed by atoms with van der Waals surface area (Å²) >= 11 is 0. The van der Waals surface area contributed by atoms with Crippen molar-refractivity contribution in [2.75, 3.05) is 17.2 Å². The molecule has 0 amide bonds. The van der Waals surface area contributed by atoms with Gasteiger partial charge < -0.3 is 10.6 Å². The summed E-state index contributed by atoms with van der Waals surface area (Å²) in [5, 5.41) is 0. The van der Waals surface area contributed by atoms with Crippen molar-refractivity contribution >= 4 is 11.6 Å². The van der Waals surface area contributed by atoms with Gasteiger partial charge in [0.1, 0.15) is 11.6 Å². The predicted octanol–water partition coefficient (Wildman–Crippen LogP) is 3.84. The average Bonchev–Trinajstić information content (AvgIpc) is 2.39. The maximum Gasteiger partial charge on any atom is 0.416 e. The van der Waals surface area contributed by atoms with Crippen molar-refractivity contribution in [1.82, 2.24) is 4.98 Å². The van der Waals surface area contributed by atoms with Gasteiger partial charge in [-0.25, -0.2) is 4.98 Å². The number of alkyl halides is 3. The molecule has 0 atom stereocenters. The Bertz CT molecular complexity index is 453. The van der Waals surface area contributed by atoms with Crippen molar-refractivity contribution in [3.8, 4) is 0 Å². The van der Waals surface area contributed by atoms with Crippen molar-refractivity contribution in [3.05, 3.63) is 17.7 Å². The van der Waals surface area contributed by atoms with E-state index in [0.29, 0.717) is 12.4 Å². The van der Waals surface area contributed by atoms with E-state index in [0.717, 1.165) is 37.8 Å². The van der Waals surface area contributed by atoms with Gasteiger partial charge >= 0.3 is 6.18 Å². The summed E-state index contributed by atoms with van der Waals surface area (Å²) in [7, 11) is 0. The van der Waals surface area contributed by atoms with Crippen LogP contribution in [0.3, 0.4) is 0 Å². The van der Waals surface area contributed by atoms with Gasteiger partial charge in [-0.15, -0.1) is 0 Å². The molecule has 0 aromatic carbocycles. The molecule has 0 bridgehead atoms. The molecular weight excluding hydrogens is 267 g/mol. The van der Waals surface area contributed by atoms with E-state index in [4.69, 9.17) is 5.73 Å². The molecule has 20 heavy (non-hydrogen) atoms. The number of nitrogen functional groups attached to an aromatic ring is 1. The first kappa shape index (κ1) is 14.9. The maximum absolute atomic E-state index is 12.9. The van der Waals surface area contributed by atoms with Gasteiger partial charge in [-0.3, -0.25) is 0 Å². The molecule has 1 heterocycles. The van der Waals surface area contributed by atoms with Gasteiger partial charge in [-0.1, -0.05) is 19.3 Å². The fourth-order valence-corrected chi connectivity index (χ4v) is 2.85. The van der Waals surface area contributed by atoms with Crippen molar-refractivity contribution in [3.63, 3.8) is 0 Å². The third-order valence-corrected chi connectivity index (χ3v) is 3.81. The van der Waals surface area contributed by atoms with E-state index in [1.54, 1.807) is 0 Å². The highest BCUT2D eigenvalue weighted by atomic mass is 19.4. The molecular formula is C14H20F3N3. The van der Waals surface area contributed by atoms with Crippen LogP contribution < -0.4 is 10.6 Å². The van der Waals surface area contributed by atoms with Gasteiger partial charge in [0.2, 0.25) is 0 Å². The lowest BCUT2D eigenvalue weighted by Crippen LogP contribution is -2.37. The molecule has 0 spiro atoms. The molecule has 3 nitrogen and oxygen atoms in total. The van der Waals surface area contributed by atoms with E-state index in [2.05, 4.69) is 4.98 Å². The Balaban J connectivity index is 2.31. The van der Waals surface area contributed by atoms with Crippen LogP contribution in [0.1, 0.15) is 44.6 Å². The van der Waals surface area contributed by atoms with E-state index in [-0.39, 0.29) is 11.9 Å². The molecule has 1 fully saturated rings. The van der Waals surface area contributed by atoms with Crippen LogP contribution in [0.2, 0.25) is 0 Å². The number of anilines is 2. The lowest BCUT2D eigenvalue weighted by Gasteiger charge is -2.34. The Labute approximate surface area is 117 Å². The van der Waals surface area contributed by atoms with Gasteiger partial charge in [0, 0.05) is 12.6 Å². The zero-order valence-corrected chi connectivity index (χ0v) is 11.6.